The Labute approximate surface area is 163 Å². The van der Waals surface area contributed by atoms with Gasteiger partial charge in [0.1, 0.15) is 5.76 Å². The Morgan fingerprint density at radius 2 is 1.92 bits per heavy atom. The average molecular weight is 432 g/mol. The standard InChI is InChI=1S/C20H18BrNO3S/c1-14-5-2-3-8-19(14)26(24)13-17-9-10-18(25-17)20(23)22-12-15-6-4-7-16(21)11-15/h2-11H,12-13H2,1H3,(H,22,23)/t26-/m0/s1. The Balaban J connectivity index is 1.61. The molecule has 3 rings (SSSR count). The smallest absolute Gasteiger partial charge is 0.287 e. The van der Waals surface area contributed by atoms with Crippen LogP contribution in [0.15, 0.2) is 74.4 Å². The third-order valence-electron chi connectivity index (χ3n) is 3.84. The maximum atomic E-state index is 12.5. The highest BCUT2D eigenvalue weighted by Crippen LogP contribution is 2.18. The fraction of sp³-hybridized carbons (Fsp3) is 0.150. The van der Waals surface area contributed by atoms with Crippen LogP contribution in [0.25, 0.3) is 0 Å². The highest BCUT2D eigenvalue weighted by Gasteiger charge is 2.14. The first-order valence-corrected chi connectivity index (χ1v) is 10.2. The molecule has 1 heterocycles. The summed E-state index contributed by atoms with van der Waals surface area (Å²) < 4.78 is 19.0. The monoisotopic (exact) mass is 431 g/mol. The van der Waals surface area contributed by atoms with Gasteiger partial charge in [-0.1, -0.05) is 46.3 Å². The lowest BCUT2D eigenvalue weighted by atomic mass is 10.2. The zero-order chi connectivity index (χ0) is 18.5. The molecule has 0 fully saturated rings. The van der Waals surface area contributed by atoms with Crippen molar-refractivity contribution < 1.29 is 13.4 Å². The maximum absolute atomic E-state index is 12.5. The Bertz CT molecular complexity index is 951. The van der Waals surface area contributed by atoms with E-state index in [0.717, 1.165) is 20.5 Å². The summed E-state index contributed by atoms with van der Waals surface area (Å²) in [5.41, 5.74) is 1.96. The lowest BCUT2D eigenvalue weighted by Crippen LogP contribution is -2.22. The molecule has 0 spiro atoms. The molecule has 0 saturated heterocycles. The van der Waals surface area contributed by atoms with E-state index in [4.69, 9.17) is 4.42 Å². The van der Waals surface area contributed by atoms with Gasteiger partial charge in [0, 0.05) is 15.9 Å². The van der Waals surface area contributed by atoms with Crippen molar-refractivity contribution in [3.63, 3.8) is 0 Å². The van der Waals surface area contributed by atoms with Crippen LogP contribution in [0.5, 0.6) is 0 Å². The third-order valence-corrected chi connectivity index (χ3v) is 5.83. The molecule has 0 bridgehead atoms. The summed E-state index contributed by atoms with van der Waals surface area (Å²) in [6.07, 6.45) is 0. The van der Waals surface area contributed by atoms with Crippen molar-refractivity contribution in [1.29, 1.82) is 0 Å². The molecule has 0 radical (unpaired) electrons. The second-order valence-corrected chi connectivity index (χ2v) is 8.17. The van der Waals surface area contributed by atoms with Gasteiger partial charge in [0.05, 0.1) is 16.6 Å². The predicted molar refractivity (Wildman–Crippen MR) is 105 cm³/mol. The Morgan fingerprint density at radius 3 is 2.69 bits per heavy atom. The van der Waals surface area contributed by atoms with Gasteiger partial charge in [0.15, 0.2) is 5.76 Å². The molecule has 134 valence electrons. The van der Waals surface area contributed by atoms with Gasteiger partial charge >= 0.3 is 0 Å². The zero-order valence-corrected chi connectivity index (χ0v) is 16.6. The number of amides is 1. The Kier molecular flexibility index (Phi) is 6.06. The van der Waals surface area contributed by atoms with Crippen molar-refractivity contribution in [2.24, 2.45) is 0 Å². The van der Waals surface area contributed by atoms with E-state index in [9.17, 15) is 9.00 Å². The quantitative estimate of drug-likeness (QED) is 0.620. The number of hydrogen-bond donors (Lipinski definition) is 1. The molecular weight excluding hydrogens is 414 g/mol. The molecule has 0 saturated carbocycles. The fourth-order valence-electron chi connectivity index (χ4n) is 2.51. The number of benzene rings is 2. The third kappa shape index (κ3) is 4.71. The largest absolute Gasteiger partial charge is 0.455 e. The van der Waals surface area contributed by atoms with Crippen LogP contribution in [0.2, 0.25) is 0 Å². The summed E-state index contributed by atoms with van der Waals surface area (Å²) in [7, 11) is -1.21. The second-order valence-electron chi connectivity index (χ2n) is 5.83. The van der Waals surface area contributed by atoms with E-state index in [-0.39, 0.29) is 17.4 Å². The molecule has 1 amide bonds. The van der Waals surface area contributed by atoms with E-state index in [1.54, 1.807) is 12.1 Å². The van der Waals surface area contributed by atoms with Gasteiger partial charge in [-0.25, -0.2) is 0 Å². The molecule has 6 heteroatoms. The van der Waals surface area contributed by atoms with E-state index in [2.05, 4.69) is 21.2 Å². The van der Waals surface area contributed by atoms with Crippen LogP contribution in [0.1, 0.15) is 27.4 Å². The van der Waals surface area contributed by atoms with Crippen LogP contribution in [-0.4, -0.2) is 10.1 Å². The summed E-state index contributed by atoms with van der Waals surface area (Å²) in [5.74, 6) is 0.693. The number of rotatable bonds is 6. The van der Waals surface area contributed by atoms with Crippen molar-refractivity contribution in [2.75, 3.05) is 0 Å². The molecule has 0 aliphatic carbocycles. The van der Waals surface area contributed by atoms with Gasteiger partial charge in [-0.3, -0.25) is 9.00 Å². The van der Waals surface area contributed by atoms with Gasteiger partial charge in [-0.05, 0) is 48.4 Å². The molecule has 2 aromatic carbocycles. The summed E-state index contributed by atoms with van der Waals surface area (Å²) in [6.45, 7) is 2.33. The van der Waals surface area contributed by atoms with E-state index in [0.29, 0.717) is 12.3 Å². The summed E-state index contributed by atoms with van der Waals surface area (Å²) >= 11 is 3.40. The highest BCUT2D eigenvalue weighted by molar-refractivity contribution is 9.10. The molecular formula is C20H18BrNO3S. The van der Waals surface area contributed by atoms with E-state index >= 15 is 0 Å². The number of aryl methyl sites for hydroxylation is 1. The van der Waals surface area contributed by atoms with Crippen LogP contribution in [0, 0.1) is 6.92 Å². The highest BCUT2D eigenvalue weighted by atomic mass is 79.9. The van der Waals surface area contributed by atoms with E-state index in [1.165, 1.54) is 0 Å². The molecule has 4 nitrogen and oxygen atoms in total. The van der Waals surface area contributed by atoms with Gasteiger partial charge in [0.2, 0.25) is 0 Å². The van der Waals surface area contributed by atoms with E-state index in [1.807, 2.05) is 55.5 Å². The Hall–Kier alpha value is -2.18. The maximum Gasteiger partial charge on any atom is 0.287 e. The van der Waals surface area contributed by atoms with Gasteiger partial charge < -0.3 is 9.73 Å². The Morgan fingerprint density at radius 1 is 1.12 bits per heavy atom. The average Bonchev–Trinajstić information content (AvgIpc) is 3.08. The molecule has 0 unspecified atom stereocenters. The molecule has 0 aliphatic heterocycles. The van der Waals surface area contributed by atoms with E-state index < -0.39 is 10.8 Å². The topological polar surface area (TPSA) is 59.3 Å². The first-order chi connectivity index (χ1) is 12.5. The number of furan rings is 1. The summed E-state index contributed by atoms with van der Waals surface area (Å²) in [5, 5.41) is 2.82. The minimum absolute atomic E-state index is 0.219. The van der Waals surface area contributed by atoms with Crippen molar-refractivity contribution in [1.82, 2.24) is 5.32 Å². The molecule has 0 aliphatic rings. The predicted octanol–water partition coefficient (Wildman–Crippen LogP) is 4.59. The van der Waals surface area contributed by atoms with Crippen molar-refractivity contribution in [3.05, 3.63) is 87.8 Å². The normalized spacial score (nSPS) is 11.9. The first-order valence-electron chi connectivity index (χ1n) is 8.08. The van der Waals surface area contributed by atoms with Crippen LogP contribution in [0.4, 0.5) is 0 Å². The SMILES string of the molecule is Cc1ccccc1[S@@](=O)Cc1ccc(C(=O)NCc2cccc(Br)c2)o1. The minimum Gasteiger partial charge on any atom is -0.455 e. The summed E-state index contributed by atoms with van der Waals surface area (Å²) in [6, 6.07) is 18.6. The molecule has 1 aromatic heterocycles. The second kappa shape index (κ2) is 8.47. The summed E-state index contributed by atoms with van der Waals surface area (Å²) in [4.78, 5) is 13.0. The number of carbonyl (C=O) groups excluding carboxylic acids is 1. The molecule has 26 heavy (non-hydrogen) atoms. The zero-order valence-electron chi connectivity index (χ0n) is 14.2. The van der Waals surface area contributed by atoms with Crippen molar-refractivity contribution in [2.45, 2.75) is 24.1 Å². The van der Waals surface area contributed by atoms with Gasteiger partial charge in [-0.2, -0.15) is 0 Å². The number of carbonyl (C=O) groups is 1. The lowest BCUT2D eigenvalue weighted by molar-refractivity contribution is 0.0921. The number of nitrogens with one attached hydrogen (secondary N) is 1. The molecule has 3 aromatic rings. The van der Waals surface area contributed by atoms with Crippen LogP contribution in [0.3, 0.4) is 0 Å². The fourth-order valence-corrected chi connectivity index (χ4v) is 4.19. The lowest BCUT2D eigenvalue weighted by Gasteiger charge is -2.05. The number of halogens is 1. The van der Waals surface area contributed by atoms with Crippen molar-refractivity contribution in [3.8, 4) is 0 Å². The minimum atomic E-state index is -1.21. The molecule has 1 atom stereocenters. The van der Waals surface area contributed by atoms with Crippen LogP contribution in [-0.2, 0) is 23.1 Å². The first kappa shape index (κ1) is 18.6. The van der Waals surface area contributed by atoms with Gasteiger partial charge in [0.25, 0.3) is 5.91 Å². The van der Waals surface area contributed by atoms with Crippen LogP contribution >= 0.6 is 15.9 Å². The van der Waals surface area contributed by atoms with Gasteiger partial charge in [-0.15, -0.1) is 0 Å². The van der Waals surface area contributed by atoms with Crippen molar-refractivity contribution >= 4 is 32.6 Å². The van der Waals surface area contributed by atoms with Crippen LogP contribution < -0.4 is 5.32 Å². The number of hydrogen-bond acceptors (Lipinski definition) is 3. The molecule has 1 N–H and O–H groups in total.